The van der Waals surface area contributed by atoms with E-state index in [1.165, 1.54) is 5.56 Å². The monoisotopic (exact) mass is 776 g/mol. The predicted octanol–water partition coefficient (Wildman–Crippen LogP) is 8.63. The average Bonchev–Trinajstić information content (AvgIpc) is 3.79. The minimum atomic E-state index is -0.0417. The van der Waals surface area contributed by atoms with Crippen LogP contribution < -0.4 is 21.7 Å². The lowest BCUT2D eigenvalue weighted by atomic mass is 10.1. The maximum atomic E-state index is 11.5. The number of aromatic nitrogens is 6. The quantitative estimate of drug-likeness (QED) is 0.0504. The molecule has 6 rings (SSSR count). The molecule has 3 aromatic carbocycles. The number of fused-ring (bicyclic) bond motifs is 3. The van der Waals surface area contributed by atoms with Gasteiger partial charge in [0.1, 0.15) is 0 Å². The fraction of sp³-hybridized carbons (Fsp3) is 0.278. The molecular formula is C36H42BrClN10O3. The van der Waals surface area contributed by atoms with E-state index >= 15 is 0 Å². The van der Waals surface area contributed by atoms with E-state index in [0.717, 1.165) is 62.9 Å². The SMILES string of the molecule is C=CCc1ccc2c(NC(=O)CCC)n[nH]c2c1.CCCC(=O)Nc1n[nH]c2cc(Br)c(Cl)cc12.CCCC(=O)Nc1n[nH]c2ccc(N)cc12. The molecule has 0 saturated heterocycles. The van der Waals surface area contributed by atoms with Gasteiger partial charge < -0.3 is 21.7 Å². The summed E-state index contributed by atoms with van der Waals surface area (Å²) in [7, 11) is 0. The molecule has 0 atom stereocenters. The Hall–Kier alpha value is -5.21. The molecule has 8 N–H and O–H groups in total. The minimum Gasteiger partial charge on any atom is -0.399 e. The second-order valence-electron chi connectivity index (χ2n) is 11.6. The first-order chi connectivity index (χ1) is 24.6. The van der Waals surface area contributed by atoms with Gasteiger partial charge in [-0.2, -0.15) is 15.3 Å². The number of rotatable bonds is 11. The van der Waals surface area contributed by atoms with Crippen LogP contribution in [-0.4, -0.2) is 48.3 Å². The number of carbonyl (C=O) groups excluding carboxylic acids is 3. The summed E-state index contributed by atoms with van der Waals surface area (Å²) in [6.45, 7) is 9.61. The molecule has 0 fully saturated rings. The molecule has 0 aliphatic heterocycles. The van der Waals surface area contributed by atoms with E-state index in [1.807, 2.05) is 57.2 Å². The lowest BCUT2D eigenvalue weighted by molar-refractivity contribution is -0.117. The topological polar surface area (TPSA) is 199 Å². The van der Waals surface area contributed by atoms with E-state index in [-0.39, 0.29) is 17.7 Å². The Kier molecular flexibility index (Phi) is 14.1. The van der Waals surface area contributed by atoms with Gasteiger partial charge in [-0.1, -0.05) is 44.5 Å². The highest BCUT2D eigenvalue weighted by Crippen LogP contribution is 2.31. The first-order valence-corrected chi connectivity index (χ1v) is 17.8. The number of nitrogens with one attached hydrogen (secondary N) is 6. The molecule has 3 amide bonds. The molecule has 0 unspecified atom stereocenters. The van der Waals surface area contributed by atoms with E-state index in [2.05, 4.69) is 69.1 Å². The predicted molar refractivity (Wildman–Crippen MR) is 210 cm³/mol. The number of nitrogens with zero attached hydrogens (tertiary/aromatic N) is 3. The number of carbonyl (C=O) groups is 3. The van der Waals surface area contributed by atoms with Crippen LogP contribution in [0.1, 0.15) is 64.9 Å². The summed E-state index contributed by atoms with van der Waals surface area (Å²) in [6, 6.07) is 15.0. The van der Waals surface area contributed by atoms with Crippen molar-refractivity contribution in [2.45, 2.75) is 65.7 Å². The highest BCUT2D eigenvalue weighted by Gasteiger charge is 2.12. The molecule has 0 aliphatic carbocycles. The second-order valence-corrected chi connectivity index (χ2v) is 12.9. The zero-order chi connectivity index (χ0) is 36.9. The van der Waals surface area contributed by atoms with Gasteiger partial charge in [0.15, 0.2) is 17.5 Å². The summed E-state index contributed by atoms with van der Waals surface area (Å²) in [5.41, 5.74) is 10.1. The van der Waals surface area contributed by atoms with Gasteiger partial charge in [-0.25, -0.2) is 0 Å². The molecule has 3 aromatic heterocycles. The Labute approximate surface area is 308 Å². The van der Waals surface area contributed by atoms with Crippen molar-refractivity contribution in [1.29, 1.82) is 0 Å². The molecule has 6 aromatic rings. The molecule has 0 radical (unpaired) electrons. The number of nitrogens with two attached hydrogens (primary N) is 1. The van der Waals surface area contributed by atoms with Crippen molar-refractivity contribution in [2.75, 3.05) is 21.7 Å². The van der Waals surface area contributed by atoms with Crippen molar-refractivity contribution >= 4 is 101 Å². The molecule has 51 heavy (non-hydrogen) atoms. The van der Waals surface area contributed by atoms with Gasteiger partial charge in [0.25, 0.3) is 0 Å². The maximum Gasteiger partial charge on any atom is 0.225 e. The largest absolute Gasteiger partial charge is 0.399 e. The van der Waals surface area contributed by atoms with Gasteiger partial charge in [-0.15, -0.1) is 6.58 Å². The number of hydrogen-bond acceptors (Lipinski definition) is 7. The van der Waals surface area contributed by atoms with Crippen LogP contribution in [0.3, 0.4) is 0 Å². The van der Waals surface area contributed by atoms with Crippen LogP contribution >= 0.6 is 27.5 Å². The number of nitrogen functional groups attached to an aromatic ring is 1. The number of H-pyrrole nitrogens is 3. The van der Waals surface area contributed by atoms with Crippen molar-refractivity contribution < 1.29 is 14.4 Å². The van der Waals surface area contributed by atoms with Gasteiger partial charge >= 0.3 is 0 Å². The van der Waals surface area contributed by atoms with Crippen LogP contribution in [0.15, 0.2) is 65.7 Å². The Bertz CT molecular complexity index is 2140. The second kappa shape index (κ2) is 18.7. The number of hydrogen-bond donors (Lipinski definition) is 7. The Balaban J connectivity index is 0.000000172. The highest BCUT2D eigenvalue weighted by molar-refractivity contribution is 9.10. The third-order valence-corrected chi connectivity index (χ3v) is 8.60. The first kappa shape index (κ1) is 38.6. The van der Waals surface area contributed by atoms with Crippen LogP contribution in [-0.2, 0) is 20.8 Å². The Morgan fingerprint density at radius 3 is 1.75 bits per heavy atom. The van der Waals surface area contributed by atoms with E-state index in [9.17, 15) is 14.4 Å². The van der Waals surface area contributed by atoms with Crippen molar-refractivity contribution in [3.05, 3.63) is 76.2 Å². The third kappa shape index (κ3) is 10.6. The average molecular weight is 778 g/mol. The summed E-state index contributed by atoms with van der Waals surface area (Å²) < 4.78 is 0.793. The summed E-state index contributed by atoms with van der Waals surface area (Å²) >= 11 is 9.35. The number of benzene rings is 3. The number of anilines is 4. The molecular weight excluding hydrogens is 736 g/mol. The van der Waals surface area contributed by atoms with Gasteiger partial charge in [0, 0.05) is 45.6 Å². The molecule has 0 spiro atoms. The molecule has 268 valence electrons. The van der Waals surface area contributed by atoms with Crippen molar-refractivity contribution in [3.63, 3.8) is 0 Å². The van der Waals surface area contributed by atoms with Gasteiger partial charge in [-0.3, -0.25) is 29.7 Å². The van der Waals surface area contributed by atoms with Crippen molar-refractivity contribution in [3.8, 4) is 0 Å². The van der Waals surface area contributed by atoms with Crippen molar-refractivity contribution in [1.82, 2.24) is 30.6 Å². The standard InChI is InChI=1S/C14H17N3O.C11H11BrClN3O.C11H14N4O/c1-3-5-10-7-8-11-12(9-10)16-17-14(11)15-13(18)6-4-2;1-2-3-10(17)14-11-6-4-8(13)7(12)5-9(6)15-16-11;1-2-3-10(16)13-11-8-6-7(12)4-5-9(8)14-15-11/h3,7-9H,1,4-6H2,2H3,(H2,15,16,17,18);4-5H,2-3H2,1H3,(H2,14,15,16,17);4-6H,2-3,12H2,1H3,(H2,13,14,15,16). The van der Waals surface area contributed by atoms with E-state index < -0.39 is 0 Å². The third-order valence-electron chi connectivity index (χ3n) is 7.40. The summed E-state index contributed by atoms with van der Waals surface area (Å²) in [4.78, 5) is 34.5. The summed E-state index contributed by atoms with van der Waals surface area (Å²) in [6.07, 6.45) is 6.64. The lowest BCUT2D eigenvalue weighted by Crippen LogP contribution is -2.11. The number of allylic oxidation sites excluding steroid dienone is 1. The lowest BCUT2D eigenvalue weighted by Gasteiger charge is -2.01. The van der Waals surface area contributed by atoms with Crippen LogP contribution in [0.2, 0.25) is 5.02 Å². The number of halogens is 2. The van der Waals surface area contributed by atoms with Gasteiger partial charge in [0.2, 0.25) is 17.7 Å². The van der Waals surface area contributed by atoms with E-state index in [0.29, 0.717) is 47.4 Å². The number of amides is 3. The Morgan fingerprint density at radius 2 is 1.22 bits per heavy atom. The van der Waals surface area contributed by atoms with Crippen molar-refractivity contribution in [2.24, 2.45) is 0 Å². The van der Waals surface area contributed by atoms with Crippen LogP contribution in [0.5, 0.6) is 0 Å². The fourth-order valence-electron chi connectivity index (χ4n) is 4.95. The number of aromatic amines is 3. The van der Waals surface area contributed by atoms with Gasteiger partial charge in [0.05, 0.1) is 21.6 Å². The molecule has 15 heteroatoms. The smallest absolute Gasteiger partial charge is 0.225 e. The first-order valence-electron chi connectivity index (χ1n) is 16.6. The minimum absolute atomic E-state index is 0.000989. The van der Waals surface area contributed by atoms with E-state index in [1.54, 1.807) is 18.2 Å². The van der Waals surface area contributed by atoms with Crippen LogP contribution in [0.4, 0.5) is 23.1 Å². The maximum absolute atomic E-state index is 11.5. The molecule has 0 saturated carbocycles. The normalized spacial score (nSPS) is 10.6. The molecule has 0 bridgehead atoms. The molecule has 3 heterocycles. The molecule has 13 nitrogen and oxygen atoms in total. The fourth-order valence-corrected chi connectivity index (χ4v) is 5.46. The summed E-state index contributed by atoms with van der Waals surface area (Å²) in [5.74, 6) is 1.60. The van der Waals surface area contributed by atoms with Crippen LogP contribution in [0, 0.1) is 0 Å². The molecule has 0 aliphatic rings. The highest BCUT2D eigenvalue weighted by atomic mass is 79.9. The zero-order valence-corrected chi connectivity index (χ0v) is 31.1. The Morgan fingerprint density at radius 1 is 0.725 bits per heavy atom. The summed E-state index contributed by atoms with van der Waals surface area (Å²) in [5, 5.41) is 32.4. The zero-order valence-electron chi connectivity index (χ0n) is 28.8. The van der Waals surface area contributed by atoms with Gasteiger partial charge in [-0.05, 0) is 89.6 Å². The van der Waals surface area contributed by atoms with Crippen LogP contribution in [0.25, 0.3) is 32.7 Å². The van der Waals surface area contributed by atoms with E-state index in [4.69, 9.17) is 17.3 Å².